The number of aromatic nitrogens is 3. The Morgan fingerprint density at radius 2 is 1.58 bits per heavy atom. The minimum atomic E-state index is -4.27. The Bertz CT molecular complexity index is 1380. The molecule has 1 fully saturated rings. The number of rotatable bonds is 14. The van der Waals surface area contributed by atoms with Crippen molar-refractivity contribution in [3.8, 4) is 0 Å². The third-order valence-corrected chi connectivity index (χ3v) is 8.78. The predicted molar refractivity (Wildman–Crippen MR) is 162 cm³/mol. The third kappa shape index (κ3) is 8.77. The standard InChI is InChI=1S/C28H45N6O10P/c1-14(2)25(35)44-23-21(43-22(28(23,9)38)19-10-11-20-24(29)30-13-31-34(19)20)12-40-45(39,32-17(7)26(36)41-15(3)4)33-18(8)27(37)42-16(5)6/h10-11,13-18,21-23,38H,12H2,1-9H3,(H2,29,30,31)(H2,32,33,39)/t17-,18-,21-,22+,23-,28+/m1/s1. The van der Waals surface area contributed by atoms with Crippen molar-refractivity contribution in [2.24, 2.45) is 5.92 Å². The van der Waals surface area contributed by atoms with Crippen LogP contribution in [0.1, 0.15) is 74.1 Å². The molecular weight excluding hydrogens is 611 g/mol. The third-order valence-electron chi connectivity index (χ3n) is 6.81. The van der Waals surface area contributed by atoms with Crippen LogP contribution in [0.25, 0.3) is 5.52 Å². The highest BCUT2D eigenvalue weighted by molar-refractivity contribution is 7.54. The van der Waals surface area contributed by atoms with Crippen LogP contribution < -0.4 is 15.9 Å². The molecule has 0 aliphatic carbocycles. The van der Waals surface area contributed by atoms with E-state index in [9.17, 15) is 24.1 Å². The molecule has 1 aliphatic rings. The fourth-order valence-corrected chi connectivity index (χ4v) is 6.42. The number of fused-ring (bicyclic) bond motifs is 1. The molecule has 2 aromatic heterocycles. The Balaban J connectivity index is 1.94. The Kier molecular flexibility index (Phi) is 11.7. The fraction of sp³-hybridized carbons (Fsp3) is 0.679. The van der Waals surface area contributed by atoms with Gasteiger partial charge in [-0.1, -0.05) is 13.8 Å². The van der Waals surface area contributed by atoms with E-state index >= 15 is 0 Å². The molecule has 0 saturated carbocycles. The molecule has 0 bridgehead atoms. The van der Waals surface area contributed by atoms with Gasteiger partial charge in [-0.3, -0.25) is 18.9 Å². The first-order chi connectivity index (χ1) is 20.9. The van der Waals surface area contributed by atoms with Crippen LogP contribution in [-0.2, 0) is 42.4 Å². The topological polar surface area (TPSA) is 215 Å². The van der Waals surface area contributed by atoms with E-state index in [1.165, 1.54) is 31.6 Å². The largest absolute Gasteiger partial charge is 0.462 e. The predicted octanol–water partition coefficient (Wildman–Crippen LogP) is 2.05. The summed E-state index contributed by atoms with van der Waals surface area (Å²) in [7, 11) is -4.27. The molecule has 0 unspecified atom stereocenters. The molecule has 17 heteroatoms. The van der Waals surface area contributed by atoms with E-state index in [0.29, 0.717) is 11.2 Å². The number of esters is 3. The van der Waals surface area contributed by atoms with E-state index in [-0.39, 0.29) is 5.82 Å². The van der Waals surface area contributed by atoms with Gasteiger partial charge >= 0.3 is 25.6 Å². The SMILES string of the molecule is CC(C)OC(=O)[C@@H](C)NP(=O)(N[C@H](C)C(=O)OC(C)C)OC[C@H]1O[C@@H](c2ccc3c(N)ncnn23)[C@](C)(O)[C@@H]1OC(=O)C(C)C. The summed E-state index contributed by atoms with van der Waals surface area (Å²) in [6, 6.07) is 1.03. The number of nitrogens with zero attached hydrogens (tertiary/aromatic N) is 3. The molecule has 252 valence electrons. The van der Waals surface area contributed by atoms with Crippen LogP contribution in [0.3, 0.4) is 0 Å². The van der Waals surface area contributed by atoms with Crippen molar-refractivity contribution in [1.29, 1.82) is 0 Å². The maximum Gasteiger partial charge on any atom is 0.342 e. The number of nitrogens with two attached hydrogens (primary N) is 1. The lowest BCUT2D eigenvalue weighted by atomic mass is 9.91. The van der Waals surface area contributed by atoms with Crippen molar-refractivity contribution in [1.82, 2.24) is 24.8 Å². The summed E-state index contributed by atoms with van der Waals surface area (Å²) in [4.78, 5) is 41.9. The van der Waals surface area contributed by atoms with Crippen LogP contribution in [0.15, 0.2) is 18.5 Å². The van der Waals surface area contributed by atoms with Gasteiger partial charge in [0.2, 0.25) is 0 Å². The van der Waals surface area contributed by atoms with E-state index in [1.807, 2.05) is 0 Å². The van der Waals surface area contributed by atoms with Crippen molar-refractivity contribution in [3.05, 3.63) is 24.2 Å². The van der Waals surface area contributed by atoms with Gasteiger partial charge in [0.15, 0.2) is 11.9 Å². The number of carbonyl (C=O) groups is 3. The zero-order valence-corrected chi connectivity index (χ0v) is 27.9. The highest BCUT2D eigenvalue weighted by Crippen LogP contribution is 2.46. The van der Waals surface area contributed by atoms with Gasteiger partial charge < -0.3 is 34.3 Å². The minimum Gasteiger partial charge on any atom is -0.462 e. The number of carbonyl (C=O) groups excluding carboxylic acids is 3. The summed E-state index contributed by atoms with van der Waals surface area (Å²) in [5.41, 5.74) is 5.00. The number of nitrogens with one attached hydrogen (secondary N) is 2. The van der Waals surface area contributed by atoms with E-state index in [0.717, 1.165) is 0 Å². The van der Waals surface area contributed by atoms with E-state index in [1.54, 1.807) is 53.7 Å². The van der Waals surface area contributed by atoms with Gasteiger partial charge in [-0.2, -0.15) is 5.10 Å². The number of nitrogen functional groups attached to an aromatic ring is 1. The van der Waals surface area contributed by atoms with Crippen LogP contribution in [0.5, 0.6) is 0 Å². The highest BCUT2D eigenvalue weighted by Gasteiger charge is 2.57. The molecular formula is C28H45N6O10P. The molecule has 0 amide bonds. The lowest BCUT2D eigenvalue weighted by Crippen LogP contribution is -2.48. The second-order valence-electron chi connectivity index (χ2n) is 12.0. The van der Waals surface area contributed by atoms with Crippen molar-refractivity contribution in [2.75, 3.05) is 12.3 Å². The van der Waals surface area contributed by atoms with Gasteiger partial charge in [-0.05, 0) is 60.6 Å². The number of ether oxygens (including phenoxy) is 4. The Labute approximate surface area is 262 Å². The van der Waals surface area contributed by atoms with Crippen LogP contribution in [0, 0.1) is 5.92 Å². The number of aliphatic hydroxyl groups is 1. The van der Waals surface area contributed by atoms with E-state index in [2.05, 4.69) is 20.3 Å². The van der Waals surface area contributed by atoms with Gasteiger partial charge in [0, 0.05) is 0 Å². The molecule has 0 radical (unpaired) electrons. The summed E-state index contributed by atoms with van der Waals surface area (Å²) in [5.74, 6) is -2.38. The van der Waals surface area contributed by atoms with Crippen molar-refractivity contribution < 1.29 is 47.5 Å². The zero-order valence-electron chi connectivity index (χ0n) is 27.0. The molecule has 1 saturated heterocycles. The monoisotopic (exact) mass is 656 g/mol. The smallest absolute Gasteiger partial charge is 0.342 e. The summed E-state index contributed by atoms with van der Waals surface area (Å²) in [6.07, 6.45) is -3.23. The molecule has 1 aliphatic heterocycles. The quantitative estimate of drug-likeness (QED) is 0.130. The molecule has 5 N–H and O–H groups in total. The number of anilines is 1. The van der Waals surface area contributed by atoms with Crippen LogP contribution in [0.2, 0.25) is 0 Å². The lowest BCUT2D eigenvalue weighted by molar-refractivity contribution is -0.166. The normalized spacial score (nSPS) is 23.4. The maximum absolute atomic E-state index is 14.2. The first kappa shape index (κ1) is 36.3. The molecule has 3 heterocycles. The number of hydrogen-bond donors (Lipinski definition) is 4. The maximum atomic E-state index is 14.2. The molecule has 45 heavy (non-hydrogen) atoms. The summed E-state index contributed by atoms with van der Waals surface area (Å²) in [5, 5.41) is 21.2. The second-order valence-corrected chi connectivity index (χ2v) is 13.9. The summed E-state index contributed by atoms with van der Waals surface area (Å²) in [6.45, 7) is 13.7. The van der Waals surface area contributed by atoms with Gasteiger partial charge in [0.1, 0.15) is 41.7 Å². The molecule has 16 nitrogen and oxygen atoms in total. The Morgan fingerprint density at radius 3 is 2.09 bits per heavy atom. The van der Waals surface area contributed by atoms with Gasteiger partial charge in [0.25, 0.3) is 0 Å². The zero-order chi connectivity index (χ0) is 33.9. The van der Waals surface area contributed by atoms with Crippen LogP contribution in [-0.4, -0.2) is 86.3 Å². The van der Waals surface area contributed by atoms with Gasteiger partial charge in [-0.25, -0.2) is 19.7 Å². The van der Waals surface area contributed by atoms with Gasteiger partial charge in [0.05, 0.1) is 30.4 Å². The van der Waals surface area contributed by atoms with Crippen LogP contribution >= 0.6 is 7.67 Å². The molecule has 0 aromatic carbocycles. The number of hydrogen-bond acceptors (Lipinski definition) is 13. The average molecular weight is 657 g/mol. The first-order valence-corrected chi connectivity index (χ1v) is 16.4. The minimum absolute atomic E-state index is 0.199. The molecule has 6 atom stereocenters. The van der Waals surface area contributed by atoms with Gasteiger partial charge in [-0.15, -0.1) is 0 Å². The Morgan fingerprint density at radius 1 is 1.02 bits per heavy atom. The molecule has 2 aromatic rings. The van der Waals surface area contributed by atoms with Crippen LogP contribution in [0.4, 0.5) is 5.82 Å². The molecule has 3 rings (SSSR count). The highest BCUT2D eigenvalue weighted by atomic mass is 31.2. The first-order valence-electron chi connectivity index (χ1n) is 14.7. The summed E-state index contributed by atoms with van der Waals surface area (Å²) < 4.78 is 43.8. The Hall–Kier alpha value is -3.14. The van der Waals surface area contributed by atoms with Crippen molar-refractivity contribution in [3.63, 3.8) is 0 Å². The second kappa shape index (κ2) is 14.5. The lowest BCUT2D eigenvalue weighted by Gasteiger charge is -2.31. The van der Waals surface area contributed by atoms with Crippen molar-refractivity contribution >= 4 is 36.9 Å². The van der Waals surface area contributed by atoms with E-state index in [4.69, 9.17) is 29.2 Å². The molecule has 0 spiro atoms. The van der Waals surface area contributed by atoms with Crippen molar-refractivity contribution in [2.45, 2.75) is 111 Å². The van der Waals surface area contributed by atoms with E-state index < -0.39 is 86.3 Å². The summed E-state index contributed by atoms with van der Waals surface area (Å²) >= 11 is 0. The fourth-order valence-electron chi connectivity index (χ4n) is 4.61. The average Bonchev–Trinajstić information content (AvgIpc) is 3.45.